The number of piperidine rings is 1. The van der Waals surface area contributed by atoms with Crippen molar-refractivity contribution in [1.82, 2.24) is 19.6 Å². The third-order valence-electron chi connectivity index (χ3n) is 5.93. The van der Waals surface area contributed by atoms with E-state index in [0.717, 1.165) is 0 Å². The Hall–Kier alpha value is -3.14. The van der Waals surface area contributed by atoms with Crippen LogP contribution in [-0.2, 0) is 0 Å². The van der Waals surface area contributed by atoms with Gasteiger partial charge in [-0.05, 0) is 49.7 Å². The monoisotopic (exact) mass is 568 g/mol. The number of amides is 1. The first-order valence-corrected chi connectivity index (χ1v) is 12.9. The average Bonchev–Trinajstić information content (AvgIpc) is 3.20. The van der Waals surface area contributed by atoms with Crippen molar-refractivity contribution in [3.05, 3.63) is 52.8 Å². The number of alkyl halides is 4. The average molecular weight is 569 g/mol. The van der Waals surface area contributed by atoms with E-state index in [4.69, 9.17) is 11.6 Å². The Morgan fingerprint density at radius 2 is 2.08 bits per heavy atom. The summed E-state index contributed by atoms with van der Waals surface area (Å²) in [5.41, 5.74) is -3.14. The molecule has 1 saturated heterocycles. The van der Waals surface area contributed by atoms with Crippen LogP contribution in [0.25, 0.3) is 5.65 Å². The highest BCUT2D eigenvalue weighted by atomic mass is 35.5. The van der Waals surface area contributed by atoms with Gasteiger partial charge in [0.1, 0.15) is 16.9 Å². The Balaban J connectivity index is 1.60. The van der Waals surface area contributed by atoms with Gasteiger partial charge in [0.2, 0.25) is 0 Å². The zero-order chi connectivity index (χ0) is 27.4. The minimum absolute atomic E-state index is 0.0329. The van der Waals surface area contributed by atoms with E-state index in [1.54, 1.807) is 30.3 Å². The second-order valence-corrected chi connectivity index (χ2v) is 10.1. The molecule has 3 aromatic rings. The normalized spacial score (nSPS) is 18.1. The van der Waals surface area contributed by atoms with E-state index in [9.17, 15) is 22.4 Å². The summed E-state index contributed by atoms with van der Waals surface area (Å²) in [6.45, 7) is 1.000. The molecule has 0 radical (unpaired) electrons. The molecule has 2 aromatic heterocycles. The lowest BCUT2D eigenvalue weighted by atomic mass is 10.0. The van der Waals surface area contributed by atoms with Gasteiger partial charge in [0.15, 0.2) is 5.65 Å². The molecule has 4 rings (SSSR count). The SMILES string of the molecule is CNC(=O)c1ccc(Cl)c(NCC#Cc2nc3c(N[C@@H]4CCN(C)C[C@@H]4F)cccn3c2SC(F)(F)F)c1. The highest BCUT2D eigenvalue weighted by Gasteiger charge is 2.33. The third-order valence-corrected chi connectivity index (χ3v) is 7.08. The number of nitrogens with zero attached hydrogens (tertiary/aromatic N) is 3. The van der Waals surface area contributed by atoms with E-state index in [2.05, 4.69) is 32.8 Å². The van der Waals surface area contributed by atoms with Gasteiger partial charge in [-0.1, -0.05) is 17.5 Å². The van der Waals surface area contributed by atoms with Crippen molar-refractivity contribution in [2.45, 2.75) is 29.2 Å². The van der Waals surface area contributed by atoms with E-state index >= 15 is 0 Å². The number of pyridine rings is 1. The van der Waals surface area contributed by atoms with Crippen LogP contribution >= 0.6 is 23.4 Å². The van der Waals surface area contributed by atoms with E-state index < -0.39 is 17.7 Å². The second kappa shape index (κ2) is 11.7. The maximum absolute atomic E-state index is 14.6. The van der Waals surface area contributed by atoms with Crippen molar-refractivity contribution in [3.63, 3.8) is 0 Å². The molecule has 7 nitrogen and oxygen atoms in total. The number of anilines is 2. The number of fused-ring (bicyclic) bond motifs is 1. The molecule has 3 N–H and O–H groups in total. The number of imidazole rings is 1. The maximum atomic E-state index is 14.6. The van der Waals surface area contributed by atoms with Crippen LogP contribution in [0.1, 0.15) is 22.5 Å². The number of aromatic nitrogens is 2. The quantitative estimate of drug-likeness (QED) is 0.224. The minimum atomic E-state index is -4.57. The lowest BCUT2D eigenvalue weighted by Crippen LogP contribution is -2.46. The van der Waals surface area contributed by atoms with Crippen molar-refractivity contribution < 1.29 is 22.4 Å². The lowest BCUT2D eigenvalue weighted by Gasteiger charge is -2.33. The van der Waals surface area contributed by atoms with Crippen molar-refractivity contribution in [3.8, 4) is 11.8 Å². The van der Waals surface area contributed by atoms with Crippen LogP contribution in [0.15, 0.2) is 41.6 Å². The molecular weight excluding hydrogens is 544 g/mol. The number of hydrogen-bond acceptors (Lipinski definition) is 6. The van der Waals surface area contributed by atoms with Crippen LogP contribution in [0.3, 0.4) is 0 Å². The smallest absolute Gasteiger partial charge is 0.376 e. The molecule has 3 heterocycles. The second-order valence-electron chi connectivity index (χ2n) is 8.68. The number of hydrogen-bond donors (Lipinski definition) is 3. The van der Waals surface area contributed by atoms with Crippen molar-refractivity contribution >= 4 is 46.3 Å². The topological polar surface area (TPSA) is 73.7 Å². The van der Waals surface area contributed by atoms with Gasteiger partial charge in [-0.15, -0.1) is 0 Å². The van der Waals surface area contributed by atoms with Crippen LogP contribution in [-0.4, -0.2) is 71.6 Å². The fourth-order valence-electron chi connectivity index (χ4n) is 4.08. The van der Waals surface area contributed by atoms with Gasteiger partial charge in [0.25, 0.3) is 5.91 Å². The first-order valence-electron chi connectivity index (χ1n) is 11.7. The molecule has 1 aliphatic rings. The predicted octanol–water partition coefficient (Wildman–Crippen LogP) is 4.88. The molecule has 2 atom stereocenters. The van der Waals surface area contributed by atoms with Crippen LogP contribution in [0.5, 0.6) is 0 Å². The van der Waals surface area contributed by atoms with Gasteiger partial charge >= 0.3 is 5.51 Å². The third kappa shape index (κ3) is 6.64. The van der Waals surface area contributed by atoms with Gasteiger partial charge in [-0.2, -0.15) is 13.2 Å². The highest BCUT2D eigenvalue weighted by molar-refractivity contribution is 8.00. The minimum Gasteiger partial charge on any atom is -0.376 e. The Kier molecular flexibility index (Phi) is 8.60. The summed E-state index contributed by atoms with van der Waals surface area (Å²) in [7, 11) is 3.34. The van der Waals surface area contributed by atoms with E-state index in [1.807, 2.05) is 11.9 Å². The molecule has 1 aromatic carbocycles. The molecule has 1 amide bonds. The van der Waals surface area contributed by atoms with Gasteiger partial charge in [0, 0.05) is 43.7 Å². The molecular formula is C25H25ClF4N6OS. The standard InChI is InChI=1S/C25H25ClF4N6OS/c1-31-23(37)15-7-8-16(26)21(13-15)32-10-3-5-20-24(38-25(28,29)30)36-11-4-6-19(22(36)34-20)33-18-9-12-35(2)14-17(18)27/h4,6-8,11,13,17-18,32-33H,9-10,12,14H2,1-2H3,(H,31,37)/t17-,18+/m0/s1. The zero-order valence-corrected chi connectivity index (χ0v) is 22.1. The molecule has 0 saturated carbocycles. The summed E-state index contributed by atoms with van der Waals surface area (Å²) in [5.74, 6) is 5.20. The van der Waals surface area contributed by atoms with E-state index in [0.29, 0.717) is 34.9 Å². The number of halogens is 5. The Morgan fingerprint density at radius 3 is 2.79 bits per heavy atom. The summed E-state index contributed by atoms with van der Waals surface area (Å²) in [4.78, 5) is 18.1. The van der Waals surface area contributed by atoms with Crippen LogP contribution in [0.4, 0.5) is 28.9 Å². The number of nitrogens with one attached hydrogen (secondary N) is 3. The van der Waals surface area contributed by atoms with Crippen LogP contribution < -0.4 is 16.0 Å². The summed E-state index contributed by atoms with van der Waals surface area (Å²) in [5, 5.41) is 8.78. The lowest BCUT2D eigenvalue weighted by molar-refractivity contribution is -0.0330. The largest absolute Gasteiger partial charge is 0.447 e. The first-order chi connectivity index (χ1) is 18.1. The molecule has 0 spiro atoms. The Bertz CT molecular complexity index is 1390. The van der Waals surface area contributed by atoms with E-state index in [1.165, 1.54) is 17.6 Å². The van der Waals surface area contributed by atoms with E-state index in [-0.39, 0.29) is 47.1 Å². The Labute approximate surface area is 226 Å². The first kappa shape index (κ1) is 27.9. The summed E-state index contributed by atoms with van der Waals surface area (Å²) < 4.78 is 56.2. The summed E-state index contributed by atoms with van der Waals surface area (Å²) >= 11 is 5.87. The molecule has 38 heavy (non-hydrogen) atoms. The molecule has 0 bridgehead atoms. The van der Waals surface area contributed by atoms with Crippen molar-refractivity contribution in [2.24, 2.45) is 0 Å². The highest BCUT2D eigenvalue weighted by Crippen LogP contribution is 2.39. The zero-order valence-electron chi connectivity index (χ0n) is 20.5. The van der Waals surface area contributed by atoms with Gasteiger partial charge < -0.3 is 20.9 Å². The predicted molar refractivity (Wildman–Crippen MR) is 142 cm³/mol. The molecule has 1 fully saturated rings. The molecule has 0 aliphatic carbocycles. The fourth-order valence-corrected chi connectivity index (χ4v) is 4.92. The molecule has 202 valence electrons. The number of carbonyl (C=O) groups is 1. The van der Waals surface area contributed by atoms with Crippen molar-refractivity contribution in [1.29, 1.82) is 0 Å². The number of carbonyl (C=O) groups excluding carboxylic acids is 1. The summed E-state index contributed by atoms with van der Waals surface area (Å²) in [6, 6.07) is 7.44. The number of likely N-dealkylation sites (tertiary alicyclic amines) is 1. The molecule has 13 heteroatoms. The number of thioether (sulfide) groups is 1. The molecule has 0 unspecified atom stereocenters. The van der Waals surface area contributed by atoms with Gasteiger partial charge in [-0.3, -0.25) is 9.20 Å². The van der Waals surface area contributed by atoms with Crippen LogP contribution in [0.2, 0.25) is 5.02 Å². The fraction of sp³-hybridized carbons (Fsp3) is 0.360. The Morgan fingerprint density at radius 1 is 1.29 bits per heavy atom. The van der Waals surface area contributed by atoms with Gasteiger partial charge in [0.05, 0.1) is 29.0 Å². The maximum Gasteiger partial charge on any atom is 0.447 e. The van der Waals surface area contributed by atoms with Gasteiger partial charge in [-0.25, -0.2) is 9.37 Å². The molecule has 1 aliphatic heterocycles. The number of benzene rings is 1. The van der Waals surface area contributed by atoms with Crippen molar-refractivity contribution in [2.75, 3.05) is 44.4 Å². The number of rotatable bonds is 6. The van der Waals surface area contributed by atoms with Crippen LogP contribution in [0, 0.1) is 11.8 Å². The summed E-state index contributed by atoms with van der Waals surface area (Å²) in [6.07, 6.45) is 0.884.